The number of halogens is 2. The predicted octanol–water partition coefficient (Wildman–Crippen LogP) is 4.77. The fourth-order valence-electron chi connectivity index (χ4n) is 2.64. The molecule has 0 aliphatic carbocycles. The Morgan fingerprint density at radius 3 is 2.79 bits per heavy atom. The number of hydrogen-bond donors (Lipinski definition) is 1. The minimum Gasteiger partial charge on any atom is -0.317 e. The number of likely N-dealkylation sites (N-methyl/N-ethyl adjacent to an activating group) is 1. The summed E-state index contributed by atoms with van der Waals surface area (Å²) in [6, 6.07) is 6.73. The molecule has 1 aromatic carbocycles. The number of thioether (sulfide) groups is 1. The third-order valence-corrected chi connectivity index (χ3v) is 5.74. The van der Waals surface area contributed by atoms with E-state index < -0.39 is 0 Å². The van der Waals surface area contributed by atoms with Gasteiger partial charge in [0.25, 0.3) is 0 Å². The van der Waals surface area contributed by atoms with Gasteiger partial charge in [-0.05, 0) is 67.9 Å². The lowest BCUT2D eigenvalue weighted by atomic mass is 9.91. The first-order valence-electron chi connectivity index (χ1n) is 6.88. The molecule has 0 aromatic heterocycles. The maximum Gasteiger partial charge on any atom is 0.0449 e. The Morgan fingerprint density at radius 2 is 2.16 bits per heavy atom. The Balaban J connectivity index is 1.94. The second-order valence-electron chi connectivity index (χ2n) is 5.22. The van der Waals surface area contributed by atoms with E-state index in [0.29, 0.717) is 6.04 Å². The molecule has 1 aromatic rings. The van der Waals surface area contributed by atoms with Gasteiger partial charge in [-0.1, -0.05) is 33.6 Å². The van der Waals surface area contributed by atoms with Gasteiger partial charge < -0.3 is 5.32 Å². The highest BCUT2D eigenvalue weighted by atomic mass is 79.9. The standard InChI is InChI=1S/C15H21BrClNS/c1-18-14(8-11-4-6-19-7-5-11)9-12-2-3-13(16)10-15(12)17/h2-3,10-11,14,18H,4-9H2,1H3. The van der Waals surface area contributed by atoms with Crippen LogP contribution < -0.4 is 5.32 Å². The second-order valence-corrected chi connectivity index (χ2v) is 7.76. The van der Waals surface area contributed by atoms with Crippen molar-refractivity contribution in [1.29, 1.82) is 0 Å². The Labute approximate surface area is 134 Å². The SMILES string of the molecule is CNC(Cc1ccc(Br)cc1Cl)CC1CCSCC1. The normalized spacial score (nSPS) is 18.5. The minimum atomic E-state index is 0.534. The molecule has 1 aliphatic rings. The first-order chi connectivity index (χ1) is 9.19. The maximum absolute atomic E-state index is 6.31. The van der Waals surface area contributed by atoms with E-state index >= 15 is 0 Å². The van der Waals surface area contributed by atoms with Crippen LogP contribution in [-0.2, 0) is 6.42 Å². The van der Waals surface area contributed by atoms with Crippen LogP contribution in [0, 0.1) is 5.92 Å². The van der Waals surface area contributed by atoms with Crippen LogP contribution in [0.3, 0.4) is 0 Å². The third-order valence-electron chi connectivity index (χ3n) is 3.85. The van der Waals surface area contributed by atoms with Crippen LogP contribution in [0.5, 0.6) is 0 Å². The molecule has 0 bridgehead atoms. The van der Waals surface area contributed by atoms with Crippen LogP contribution in [-0.4, -0.2) is 24.6 Å². The molecule has 1 saturated heterocycles. The second kappa shape index (κ2) is 7.92. The molecular formula is C15H21BrClNS. The van der Waals surface area contributed by atoms with E-state index in [-0.39, 0.29) is 0 Å². The molecule has 0 radical (unpaired) electrons. The number of rotatable bonds is 5. The van der Waals surface area contributed by atoms with E-state index in [9.17, 15) is 0 Å². The molecule has 1 fully saturated rings. The average Bonchev–Trinajstić information content (AvgIpc) is 2.42. The molecule has 1 nitrogen and oxygen atoms in total. The maximum atomic E-state index is 6.31. The third kappa shape index (κ3) is 4.96. The summed E-state index contributed by atoms with van der Waals surface area (Å²) in [5.74, 6) is 3.55. The van der Waals surface area contributed by atoms with Gasteiger partial charge in [0, 0.05) is 15.5 Å². The van der Waals surface area contributed by atoms with E-state index in [1.54, 1.807) is 0 Å². The molecule has 1 aliphatic heterocycles. The molecule has 1 N–H and O–H groups in total. The first-order valence-corrected chi connectivity index (χ1v) is 9.20. The highest BCUT2D eigenvalue weighted by molar-refractivity contribution is 9.10. The van der Waals surface area contributed by atoms with Gasteiger partial charge in [-0.25, -0.2) is 0 Å². The van der Waals surface area contributed by atoms with Gasteiger partial charge >= 0.3 is 0 Å². The highest BCUT2D eigenvalue weighted by Crippen LogP contribution is 2.28. The van der Waals surface area contributed by atoms with Gasteiger partial charge in [-0.2, -0.15) is 11.8 Å². The smallest absolute Gasteiger partial charge is 0.0449 e. The monoisotopic (exact) mass is 361 g/mol. The van der Waals surface area contributed by atoms with Gasteiger partial charge in [-0.3, -0.25) is 0 Å². The van der Waals surface area contributed by atoms with Crippen molar-refractivity contribution in [3.05, 3.63) is 33.3 Å². The fourth-order valence-corrected chi connectivity index (χ4v) is 4.60. The largest absolute Gasteiger partial charge is 0.317 e. The zero-order valence-electron chi connectivity index (χ0n) is 11.3. The summed E-state index contributed by atoms with van der Waals surface area (Å²) in [6.07, 6.45) is 5.03. The molecule has 4 heteroatoms. The molecule has 1 atom stereocenters. The van der Waals surface area contributed by atoms with E-state index in [0.717, 1.165) is 21.8 Å². The molecule has 2 rings (SSSR count). The summed E-state index contributed by atoms with van der Waals surface area (Å²) in [6.45, 7) is 0. The number of nitrogens with one attached hydrogen (secondary N) is 1. The summed E-state index contributed by atoms with van der Waals surface area (Å²) < 4.78 is 1.05. The van der Waals surface area contributed by atoms with Crippen molar-refractivity contribution in [2.75, 3.05) is 18.6 Å². The molecule has 1 unspecified atom stereocenters. The van der Waals surface area contributed by atoms with Crippen molar-refractivity contribution in [3.8, 4) is 0 Å². The van der Waals surface area contributed by atoms with Gasteiger partial charge in [-0.15, -0.1) is 0 Å². The lowest BCUT2D eigenvalue weighted by Crippen LogP contribution is -2.31. The van der Waals surface area contributed by atoms with Gasteiger partial charge in [0.1, 0.15) is 0 Å². The van der Waals surface area contributed by atoms with Crippen molar-refractivity contribution in [2.24, 2.45) is 5.92 Å². The minimum absolute atomic E-state index is 0.534. The molecule has 106 valence electrons. The van der Waals surface area contributed by atoms with Crippen LogP contribution in [0.15, 0.2) is 22.7 Å². The lowest BCUT2D eigenvalue weighted by Gasteiger charge is -2.26. The zero-order valence-corrected chi connectivity index (χ0v) is 14.5. The van der Waals surface area contributed by atoms with Crippen LogP contribution >= 0.6 is 39.3 Å². The zero-order chi connectivity index (χ0) is 13.7. The predicted molar refractivity (Wildman–Crippen MR) is 90.4 cm³/mol. The van der Waals surface area contributed by atoms with Gasteiger partial charge in [0.2, 0.25) is 0 Å². The summed E-state index contributed by atoms with van der Waals surface area (Å²) in [4.78, 5) is 0. The van der Waals surface area contributed by atoms with Crippen LogP contribution in [0.1, 0.15) is 24.8 Å². The van der Waals surface area contributed by atoms with Crippen molar-refractivity contribution >= 4 is 39.3 Å². The molecule has 0 spiro atoms. The summed E-state index contributed by atoms with van der Waals surface area (Å²) in [5.41, 5.74) is 1.24. The number of hydrogen-bond acceptors (Lipinski definition) is 2. The van der Waals surface area contributed by atoms with E-state index in [2.05, 4.69) is 52.2 Å². The van der Waals surface area contributed by atoms with Crippen LogP contribution in [0.2, 0.25) is 5.02 Å². The Hall–Kier alpha value is 0.300. The van der Waals surface area contributed by atoms with Crippen LogP contribution in [0.4, 0.5) is 0 Å². The quantitative estimate of drug-likeness (QED) is 0.810. The van der Waals surface area contributed by atoms with E-state index in [1.807, 2.05) is 6.07 Å². The summed E-state index contributed by atoms with van der Waals surface area (Å²) >= 11 is 11.9. The summed E-state index contributed by atoms with van der Waals surface area (Å²) in [5, 5.41) is 4.33. The Morgan fingerprint density at radius 1 is 1.42 bits per heavy atom. The fraction of sp³-hybridized carbons (Fsp3) is 0.600. The Bertz CT molecular complexity index is 407. The summed E-state index contributed by atoms with van der Waals surface area (Å²) in [7, 11) is 2.06. The first kappa shape index (κ1) is 15.7. The highest BCUT2D eigenvalue weighted by Gasteiger charge is 2.19. The molecular weight excluding hydrogens is 342 g/mol. The molecule has 0 saturated carbocycles. The number of benzene rings is 1. The van der Waals surface area contributed by atoms with Crippen molar-refractivity contribution in [3.63, 3.8) is 0 Å². The van der Waals surface area contributed by atoms with Crippen molar-refractivity contribution < 1.29 is 0 Å². The van der Waals surface area contributed by atoms with Crippen molar-refractivity contribution in [1.82, 2.24) is 5.32 Å². The molecule has 0 amide bonds. The lowest BCUT2D eigenvalue weighted by molar-refractivity contribution is 0.376. The van der Waals surface area contributed by atoms with Crippen molar-refractivity contribution in [2.45, 2.75) is 31.7 Å². The average molecular weight is 363 g/mol. The van der Waals surface area contributed by atoms with Gasteiger partial charge in [0.05, 0.1) is 0 Å². The van der Waals surface area contributed by atoms with Crippen LogP contribution in [0.25, 0.3) is 0 Å². The Kier molecular flexibility index (Phi) is 6.54. The van der Waals surface area contributed by atoms with E-state index in [1.165, 1.54) is 36.3 Å². The molecule has 19 heavy (non-hydrogen) atoms. The topological polar surface area (TPSA) is 12.0 Å². The van der Waals surface area contributed by atoms with E-state index in [4.69, 9.17) is 11.6 Å². The van der Waals surface area contributed by atoms with Gasteiger partial charge in [0.15, 0.2) is 0 Å². The molecule has 1 heterocycles.